The predicted octanol–water partition coefficient (Wildman–Crippen LogP) is 3.75. The van der Waals surface area contributed by atoms with Crippen molar-refractivity contribution in [2.45, 2.75) is 37.6 Å². The van der Waals surface area contributed by atoms with E-state index in [0.717, 1.165) is 27.6 Å². The van der Waals surface area contributed by atoms with Crippen LogP contribution in [0.1, 0.15) is 53.6 Å². The normalized spacial score (nSPS) is 20.2. The molecule has 0 saturated heterocycles. The van der Waals surface area contributed by atoms with Gasteiger partial charge in [-0.25, -0.2) is 0 Å². The first-order valence-corrected chi connectivity index (χ1v) is 19.0. The van der Waals surface area contributed by atoms with Gasteiger partial charge in [-0.3, -0.25) is 4.79 Å². The number of aliphatic hydroxyl groups is 1. The number of benzene rings is 3. The summed E-state index contributed by atoms with van der Waals surface area (Å²) in [6.45, 7) is -0.00436. The summed E-state index contributed by atoms with van der Waals surface area (Å²) in [7, 11) is 1.57. The maximum absolute atomic E-state index is 13.9. The zero-order chi connectivity index (χ0) is 30.1. The van der Waals surface area contributed by atoms with Crippen LogP contribution in [-0.2, 0) is 15.9 Å². The average molecular weight is 704 g/mol. The zero-order valence-electron chi connectivity index (χ0n) is 24.0. The summed E-state index contributed by atoms with van der Waals surface area (Å²) in [5, 5.41) is 12.5. The Morgan fingerprint density at radius 1 is 1.09 bits per heavy atom. The Hall–Kier alpha value is -3.78. The first-order valence-electron chi connectivity index (χ1n) is 14.5. The van der Waals surface area contributed by atoms with E-state index in [1.165, 1.54) is 3.61 Å². The first-order chi connectivity index (χ1) is 21.4. The van der Waals surface area contributed by atoms with Gasteiger partial charge in [0.2, 0.25) is 0 Å². The first kappa shape index (κ1) is 27.7. The Labute approximate surface area is 258 Å². The molecule has 0 radical (unpaired) electrons. The van der Waals surface area contributed by atoms with Gasteiger partial charge in [-0.05, 0) is 12.8 Å². The minimum atomic E-state index is -1.88. The third-order valence-corrected chi connectivity index (χ3v) is 13.0. The van der Waals surface area contributed by atoms with Crippen molar-refractivity contribution in [3.05, 3.63) is 104 Å². The molecule has 2 aromatic heterocycles. The molecule has 2 N–H and O–H groups in total. The molecule has 0 amide bonds. The van der Waals surface area contributed by atoms with Crippen LogP contribution in [0.3, 0.4) is 0 Å². The number of methoxy groups -OCH3 is 1. The molecule has 5 aromatic rings. The fraction of sp³-hybridized carbons (Fsp3) is 0.265. The molecule has 44 heavy (non-hydrogen) atoms. The van der Waals surface area contributed by atoms with Crippen LogP contribution in [0.2, 0.25) is 0 Å². The van der Waals surface area contributed by atoms with E-state index in [1.807, 2.05) is 42.5 Å². The molecule has 0 saturated carbocycles. The van der Waals surface area contributed by atoms with Crippen molar-refractivity contribution in [3.8, 4) is 16.9 Å². The van der Waals surface area contributed by atoms with Crippen LogP contribution in [0.25, 0.3) is 32.9 Å². The van der Waals surface area contributed by atoms with Crippen molar-refractivity contribution in [1.29, 1.82) is 0 Å². The summed E-state index contributed by atoms with van der Waals surface area (Å²) < 4.78 is 31.9. The van der Waals surface area contributed by atoms with E-state index in [2.05, 4.69) is 22.1 Å². The van der Waals surface area contributed by atoms with E-state index in [9.17, 15) is 14.7 Å². The number of nitrogens with one attached hydrogen (secondary N) is 1. The van der Waals surface area contributed by atoms with Gasteiger partial charge in [-0.2, -0.15) is 0 Å². The van der Waals surface area contributed by atoms with E-state index in [1.54, 1.807) is 18.0 Å². The van der Waals surface area contributed by atoms with Gasteiger partial charge < -0.3 is 9.84 Å². The van der Waals surface area contributed by atoms with Gasteiger partial charge in [0.1, 0.15) is 6.10 Å². The van der Waals surface area contributed by atoms with Crippen molar-refractivity contribution in [2.24, 2.45) is 0 Å². The van der Waals surface area contributed by atoms with Gasteiger partial charge in [-0.15, -0.1) is 0 Å². The third-order valence-electron chi connectivity index (χ3n) is 8.96. The van der Waals surface area contributed by atoms with Crippen LogP contribution in [0.15, 0.2) is 74.8 Å². The van der Waals surface area contributed by atoms with E-state index in [-0.39, 0.29) is 29.4 Å². The molecular weight excluding hydrogens is 673 g/mol. The Kier molecular flexibility index (Phi) is 6.74. The van der Waals surface area contributed by atoms with Crippen LogP contribution >= 0.6 is 0 Å². The van der Waals surface area contributed by atoms with Crippen molar-refractivity contribution >= 4 is 49.0 Å². The maximum atomic E-state index is 13.9. The molecule has 1 aliphatic heterocycles. The number of nitrogens with zero attached hydrogens (tertiary/aromatic N) is 1. The molecule has 224 valence electrons. The van der Waals surface area contributed by atoms with Gasteiger partial charge in [-0.1, -0.05) is 0 Å². The number of pyridine rings is 1. The quantitative estimate of drug-likeness (QED) is 0.267. The SMILES string of the molecule is C=[125Te](CNn1ccc2cc3c(cc2c1=O)-c1cc2oc4c(c(=O)c2c2c1C(C3)OCO2)C(O)CCC4OC)c1ccccc1. The Morgan fingerprint density at radius 3 is 2.75 bits per heavy atom. The Morgan fingerprint density at radius 2 is 1.93 bits per heavy atom. The molecule has 8 rings (SSSR count). The summed E-state index contributed by atoms with van der Waals surface area (Å²) in [5.41, 5.74) is 6.90. The summed E-state index contributed by atoms with van der Waals surface area (Å²) in [4.78, 5) is 27.6. The summed E-state index contributed by atoms with van der Waals surface area (Å²) in [5.74, 6) is 0.773. The van der Waals surface area contributed by atoms with Gasteiger partial charge in [0.15, 0.2) is 0 Å². The topological polar surface area (TPSA) is 112 Å². The molecule has 0 bridgehead atoms. The number of rotatable bonds is 5. The van der Waals surface area contributed by atoms with Gasteiger partial charge >= 0.3 is 207 Å². The van der Waals surface area contributed by atoms with Crippen LogP contribution < -0.4 is 24.8 Å². The molecule has 3 aromatic carbocycles. The van der Waals surface area contributed by atoms with Crippen LogP contribution in [0.4, 0.5) is 0 Å². The monoisotopic (exact) mass is 703 g/mol. The third kappa shape index (κ3) is 4.28. The summed E-state index contributed by atoms with van der Waals surface area (Å²) >= 11 is -1.88. The summed E-state index contributed by atoms with van der Waals surface area (Å²) in [6, 6.07) is 18.0. The molecule has 3 heterocycles. The molecule has 2 aliphatic carbocycles. The number of ether oxygens (including phenoxy) is 3. The van der Waals surface area contributed by atoms with Crippen LogP contribution in [0, 0.1) is 0 Å². The fourth-order valence-corrected chi connectivity index (χ4v) is 9.63. The average Bonchev–Trinajstić information content (AvgIpc) is 3.04. The number of fused-ring (bicyclic) bond motifs is 6. The second-order valence-corrected chi connectivity index (χ2v) is 16.4. The van der Waals surface area contributed by atoms with Crippen molar-refractivity contribution in [2.75, 3.05) is 23.9 Å². The molecule has 3 aliphatic rings. The van der Waals surface area contributed by atoms with Crippen molar-refractivity contribution in [1.82, 2.24) is 4.68 Å². The molecule has 10 heteroatoms. The van der Waals surface area contributed by atoms with Crippen LogP contribution in [-0.4, -0.2) is 51.9 Å². The fourth-order valence-electron chi connectivity index (χ4n) is 6.77. The number of aliphatic hydroxyl groups excluding tert-OH is 1. The zero-order valence-corrected chi connectivity index (χ0v) is 26.3. The molecular formula is C34H30N2O7Te. The predicted molar refractivity (Wildman–Crippen MR) is 170 cm³/mol. The molecule has 3 atom stereocenters. The second kappa shape index (κ2) is 10.7. The molecule has 0 spiro atoms. The molecule has 0 fully saturated rings. The van der Waals surface area contributed by atoms with Gasteiger partial charge in [0, 0.05) is 7.11 Å². The standard InChI is InChI=1S/C34H30N2O7Te/c1-40-25-9-8-24(37)29-31(38)30-27(43-32(25)29)15-23-21-14-22-18(12-19(21)13-26-28(23)33(30)42-17-41-26)10-11-36(34(22)39)35-16-44(2)20-6-4-3-5-7-20/h3-7,10-12,14-15,24-26,35,37H,2,8-9,13,16-17H2,1H3/i44-3. The molecule has 9 nitrogen and oxygen atoms in total. The van der Waals surface area contributed by atoms with E-state index < -0.39 is 31.3 Å². The van der Waals surface area contributed by atoms with Crippen molar-refractivity contribution < 1.29 is 23.7 Å². The van der Waals surface area contributed by atoms with E-state index in [4.69, 9.17) is 18.6 Å². The number of hydrogen-bond acceptors (Lipinski definition) is 8. The number of hydrogen-bond donors (Lipinski definition) is 2. The Balaban J connectivity index is 1.28. The van der Waals surface area contributed by atoms with Crippen LogP contribution in [0.5, 0.6) is 5.75 Å². The van der Waals surface area contributed by atoms with E-state index >= 15 is 0 Å². The molecule has 3 unspecified atom stereocenters. The van der Waals surface area contributed by atoms with Gasteiger partial charge in [0.05, 0.1) is 11.7 Å². The minimum absolute atomic E-state index is 0.00436. The van der Waals surface area contributed by atoms with E-state index in [0.29, 0.717) is 51.7 Å². The van der Waals surface area contributed by atoms with Crippen molar-refractivity contribution in [3.63, 3.8) is 0 Å². The second-order valence-electron chi connectivity index (χ2n) is 11.4. The number of aromatic nitrogens is 1. The summed E-state index contributed by atoms with van der Waals surface area (Å²) in [6.07, 6.45) is 1.61. The van der Waals surface area contributed by atoms with Gasteiger partial charge in [0.25, 0.3) is 0 Å². The Bertz CT molecular complexity index is 2120.